The normalized spacial score (nSPS) is 10.2. The first-order valence-electron chi connectivity index (χ1n) is 6.04. The van der Waals surface area contributed by atoms with E-state index in [0.717, 1.165) is 0 Å². The fourth-order valence-electron chi connectivity index (χ4n) is 1.62. The van der Waals surface area contributed by atoms with Crippen molar-refractivity contribution in [2.45, 2.75) is 6.92 Å². The predicted octanol–water partition coefficient (Wildman–Crippen LogP) is 4.08. The highest BCUT2D eigenvalue weighted by atomic mass is 79.9. The van der Waals surface area contributed by atoms with Crippen LogP contribution < -0.4 is 5.32 Å². The van der Waals surface area contributed by atoms with Crippen LogP contribution in [0.1, 0.15) is 27.6 Å². The molecule has 0 radical (unpaired) electrons. The van der Waals surface area contributed by atoms with Crippen molar-refractivity contribution in [2.75, 3.05) is 11.9 Å². The van der Waals surface area contributed by atoms with Gasteiger partial charge in [-0.15, -0.1) is 11.3 Å². The Morgan fingerprint density at radius 1 is 1.33 bits per heavy atom. The molecule has 0 spiro atoms. The third-order valence-corrected chi connectivity index (χ3v) is 3.89. The molecule has 1 N–H and O–H groups in total. The van der Waals surface area contributed by atoms with E-state index in [1.807, 2.05) is 0 Å². The lowest BCUT2D eigenvalue weighted by Gasteiger charge is -2.07. The summed E-state index contributed by atoms with van der Waals surface area (Å²) < 4.78 is 19.2. The van der Waals surface area contributed by atoms with Gasteiger partial charge in [-0.05, 0) is 36.6 Å². The highest BCUT2D eigenvalue weighted by Gasteiger charge is 2.18. The van der Waals surface area contributed by atoms with Gasteiger partial charge in [-0.2, -0.15) is 0 Å². The zero-order valence-electron chi connectivity index (χ0n) is 11.0. The van der Waals surface area contributed by atoms with Crippen molar-refractivity contribution in [1.82, 2.24) is 0 Å². The van der Waals surface area contributed by atoms with Crippen molar-refractivity contribution in [3.05, 3.63) is 51.1 Å². The van der Waals surface area contributed by atoms with E-state index in [4.69, 9.17) is 4.74 Å². The summed E-state index contributed by atoms with van der Waals surface area (Å²) in [5.74, 6) is -1.78. The maximum absolute atomic E-state index is 13.7. The first-order valence-corrected chi connectivity index (χ1v) is 7.71. The molecule has 110 valence electrons. The van der Waals surface area contributed by atoms with E-state index in [1.165, 1.54) is 23.5 Å². The maximum atomic E-state index is 13.7. The van der Waals surface area contributed by atoms with Crippen LogP contribution in [-0.4, -0.2) is 18.5 Å². The quantitative estimate of drug-likeness (QED) is 0.823. The lowest BCUT2D eigenvalue weighted by Crippen LogP contribution is -2.15. The van der Waals surface area contributed by atoms with Crippen LogP contribution in [0, 0.1) is 5.82 Å². The number of amides is 1. The number of ether oxygens (including phenoxy) is 1. The lowest BCUT2D eigenvalue weighted by atomic mass is 10.2. The molecule has 1 heterocycles. The molecule has 4 nitrogen and oxygen atoms in total. The monoisotopic (exact) mass is 371 g/mol. The number of anilines is 1. The average molecular weight is 372 g/mol. The Bertz CT molecular complexity index is 687. The van der Waals surface area contributed by atoms with Gasteiger partial charge in [0.25, 0.3) is 5.91 Å². The Morgan fingerprint density at radius 2 is 2.10 bits per heavy atom. The van der Waals surface area contributed by atoms with Crippen LogP contribution in [-0.2, 0) is 4.74 Å². The third kappa shape index (κ3) is 3.68. The minimum Gasteiger partial charge on any atom is -0.462 e. The first-order chi connectivity index (χ1) is 10.0. The van der Waals surface area contributed by atoms with Gasteiger partial charge in [-0.3, -0.25) is 4.79 Å². The summed E-state index contributed by atoms with van der Waals surface area (Å²) >= 11 is 4.29. The van der Waals surface area contributed by atoms with Gasteiger partial charge in [-0.25, -0.2) is 9.18 Å². The molecule has 1 amide bonds. The van der Waals surface area contributed by atoms with Crippen molar-refractivity contribution < 1.29 is 18.7 Å². The van der Waals surface area contributed by atoms with Crippen LogP contribution in [0.15, 0.2) is 34.1 Å². The number of rotatable bonds is 4. The fraction of sp³-hybridized carbons (Fsp3) is 0.143. The molecule has 1 aromatic heterocycles. The van der Waals surface area contributed by atoms with Crippen LogP contribution in [0.5, 0.6) is 0 Å². The Kier molecular flexibility index (Phi) is 5.08. The molecule has 0 aliphatic rings. The number of hydrogen-bond donors (Lipinski definition) is 1. The van der Waals surface area contributed by atoms with Crippen LogP contribution in [0.2, 0.25) is 0 Å². The number of thiophene rings is 1. The number of carbonyl (C=O) groups excluding carboxylic acids is 2. The molecule has 7 heteroatoms. The van der Waals surface area contributed by atoms with Crippen molar-refractivity contribution in [3.63, 3.8) is 0 Å². The molecular weight excluding hydrogens is 361 g/mol. The van der Waals surface area contributed by atoms with E-state index in [2.05, 4.69) is 21.2 Å². The molecule has 1 aromatic carbocycles. The van der Waals surface area contributed by atoms with Crippen LogP contribution in [0.25, 0.3) is 0 Å². The van der Waals surface area contributed by atoms with Gasteiger partial charge in [0.05, 0.1) is 17.7 Å². The Balaban J connectivity index is 2.20. The lowest BCUT2D eigenvalue weighted by molar-refractivity contribution is 0.0528. The second kappa shape index (κ2) is 6.82. The van der Waals surface area contributed by atoms with E-state index < -0.39 is 17.7 Å². The Morgan fingerprint density at radius 3 is 2.76 bits per heavy atom. The Hall–Kier alpha value is -1.73. The average Bonchev–Trinajstić information content (AvgIpc) is 2.87. The number of hydrogen-bond acceptors (Lipinski definition) is 4. The summed E-state index contributed by atoms with van der Waals surface area (Å²) in [6.45, 7) is 1.93. The fourth-order valence-corrected chi connectivity index (χ4v) is 2.72. The molecule has 0 fully saturated rings. The Labute approximate surface area is 133 Å². The van der Waals surface area contributed by atoms with Gasteiger partial charge in [0, 0.05) is 4.47 Å². The minimum atomic E-state index is -0.642. The highest BCUT2D eigenvalue weighted by Crippen LogP contribution is 2.25. The van der Waals surface area contributed by atoms with Gasteiger partial charge in [-0.1, -0.05) is 15.9 Å². The largest absolute Gasteiger partial charge is 0.462 e. The van der Waals surface area contributed by atoms with E-state index in [0.29, 0.717) is 9.47 Å². The van der Waals surface area contributed by atoms with Gasteiger partial charge in [0.15, 0.2) is 0 Å². The molecule has 2 aromatic rings. The molecular formula is C14H11BrFNO3S. The molecule has 0 saturated carbocycles. The summed E-state index contributed by atoms with van der Waals surface area (Å²) in [4.78, 5) is 23.8. The summed E-state index contributed by atoms with van der Waals surface area (Å²) in [7, 11) is 0. The highest BCUT2D eigenvalue weighted by molar-refractivity contribution is 9.10. The van der Waals surface area contributed by atoms with Crippen molar-refractivity contribution in [3.8, 4) is 0 Å². The molecule has 0 unspecified atom stereocenters. The van der Waals surface area contributed by atoms with E-state index in [1.54, 1.807) is 24.4 Å². The number of halogens is 2. The third-order valence-electron chi connectivity index (χ3n) is 2.56. The molecule has 0 atom stereocenters. The maximum Gasteiger partial charge on any atom is 0.341 e. The number of esters is 1. The second-order valence-corrected chi connectivity index (χ2v) is 5.79. The van der Waals surface area contributed by atoms with Crippen molar-refractivity contribution in [2.24, 2.45) is 0 Å². The zero-order valence-corrected chi connectivity index (χ0v) is 13.4. The molecule has 21 heavy (non-hydrogen) atoms. The van der Waals surface area contributed by atoms with Crippen LogP contribution in [0.3, 0.4) is 0 Å². The second-order valence-electron chi connectivity index (χ2n) is 3.96. The summed E-state index contributed by atoms with van der Waals surface area (Å²) in [6, 6.07) is 5.69. The predicted molar refractivity (Wildman–Crippen MR) is 82.3 cm³/mol. The molecule has 0 bridgehead atoms. The van der Waals surface area contributed by atoms with E-state index in [-0.39, 0.29) is 17.7 Å². The zero-order chi connectivity index (χ0) is 15.4. The van der Waals surface area contributed by atoms with Gasteiger partial charge >= 0.3 is 5.97 Å². The topological polar surface area (TPSA) is 55.4 Å². The smallest absolute Gasteiger partial charge is 0.341 e. The van der Waals surface area contributed by atoms with Crippen LogP contribution in [0.4, 0.5) is 9.39 Å². The first kappa shape index (κ1) is 15.7. The molecule has 2 rings (SSSR count). The standard InChI is InChI=1S/C14H11BrFNO3S/c1-2-20-14(19)10-5-6-21-13(10)17-12(18)9-4-3-8(15)7-11(9)16/h3-7H,2H2,1H3,(H,17,18). The minimum absolute atomic E-state index is 0.0959. The molecule has 0 aliphatic carbocycles. The summed E-state index contributed by atoms with van der Waals surface area (Å²) in [6.07, 6.45) is 0. The molecule has 0 aliphatic heterocycles. The van der Waals surface area contributed by atoms with Gasteiger partial charge < -0.3 is 10.1 Å². The SMILES string of the molecule is CCOC(=O)c1ccsc1NC(=O)c1ccc(Br)cc1F. The number of benzene rings is 1. The van der Waals surface area contributed by atoms with Crippen molar-refractivity contribution in [1.29, 1.82) is 0 Å². The van der Waals surface area contributed by atoms with Crippen molar-refractivity contribution >= 4 is 44.1 Å². The van der Waals surface area contributed by atoms with Gasteiger partial charge in [0.2, 0.25) is 0 Å². The summed E-state index contributed by atoms with van der Waals surface area (Å²) in [5, 5.41) is 4.52. The molecule has 0 saturated heterocycles. The van der Waals surface area contributed by atoms with Gasteiger partial charge in [0.1, 0.15) is 10.8 Å². The van der Waals surface area contributed by atoms with E-state index in [9.17, 15) is 14.0 Å². The van der Waals surface area contributed by atoms with E-state index >= 15 is 0 Å². The summed E-state index contributed by atoms with van der Waals surface area (Å²) in [5.41, 5.74) is 0.161. The number of carbonyl (C=O) groups is 2. The number of nitrogens with one attached hydrogen (secondary N) is 1. The van der Waals surface area contributed by atoms with Crippen LogP contribution >= 0.6 is 27.3 Å².